The van der Waals surface area contributed by atoms with Gasteiger partial charge in [-0.15, -0.1) is 10.2 Å². The smallest absolute Gasteiger partial charge is 0.311 e. The van der Waals surface area contributed by atoms with E-state index in [9.17, 15) is 13.2 Å². The molecule has 3 rings (SSSR count). The Morgan fingerprint density at radius 3 is 2.60 bits per heavy atom. The van der Waals surface area contributed by atoms with Gasteiger partial charge in [-0.3, -0.25) is 4.79 Å². The van der Waals surface area contributed by atoms with Crippen LogP contribution >= 0.6 is 0 Å². The SMILES string of the molecule is CCN(C(=O)c1nnc(-c2ccc(OC)cc2)o1)C1CCS(=O)(=O)C1. The molecule has 1 fully saturated rings. The molecule has 1 aliphatic heterocycles. The number of hydrogen-bond acceptors (Lipinski definition) is 7. The van der Waals surface area contributed by atoms with Gasteiger partial charge < -0.3 is 14.1 Å². The predicted octanol–water partition coefficient (Wildman–Crippen LogP) is 1.39. The fraction of sp³-hybridized carbons (Fsp3) is 0.438. The van der Waals surface area contributed by atoms with E-state index in [0.29, 0.717) is 24.3 Å². The molecular formula is C16H19N3O5S. The van der Waals surface area contributed by atoms with Crippen molar-refractivity contribution in [3.8, 4) is 17.2 Å². The molecule has 25 heavy (non-hydrogen) atoms. The Morgan fingerprint density at radius 1 is 1.32 bits per heavy atom. The maximum Gasteiger partial charge on any atom is 0.311 e. The Kier molecular flexibility index (Phi) is 4.76. The number of carbonyl (C=O) groups is 1. The minimum atomic E-state index is -3.08. The summed E-state index contributed by atoms with van der Waals surface area (Å²) < 4.78 is 33.9. The predicted molar refractivity (Wildman–Crippen MR) is 90.1 cm³/mol. The van der Waals surface area contributed by atoms with Crippen molar-refractivity contribution in [1.29, 1.82) is 0 Å². The van der Waals surface area contributed by atoms with Crippen LogP contribution in [0.15, 0.2) is 28.7 Å². The average molecular weight is 365 g/mol. The number of sulfone groups is 1. The molecule has 134 valence electrons. The van der Waals surface area contributed by atoms with Gasteiger partial charge in [0.25, 0.3) is 0 Å². The van der Waals surface area contributed by atoms with Crippen molar-refractivity contribution in [2.75, 3.05) is 25.2 Å². The molecule has 1 unspecified atom stereocenters. The Labute approximate surface area is 145 Å². The zero-order valence-corrected chi connectivity index (χ0v) is 14.8. The molecule has 0 N–H and O–H groups in total. The van der Waals surface area contributed by atoms with Gasteiger partial charge >= 0.3 is 11.8 Å². The van der Waals surface area contributed by atoms with Crippen molar-refractivity contribution in [1.82, 2.24) is 15.1 Å². The van der Waals surface area contributed by atoms with E-state index >= 15 is 0 Å². The summed E-state index contributed by atoms with van der Waals surface area (Å²) in [4.78, 5) is 14.1. The highest BCUT2D eigenvalue weighted by molar-refractivity contribution is 7.91. The molecule has 9 heteroatoms. The fourth-order valence-corrected chi connectivity index (χ4v) is 4.60. The van der Waals surface area contributed by atoms with Gasteiger partial charge in [-0.05, 0) is 37.6 Å². The number of amides is 1. The first kappa shape index (κ1) is 17.4. The summed E-state index contributed by atoms with van der Waals surface area (Å²) in [7, 11) is -1.51. The molecule has 2 aromatic rings. The van der Waals surface area contributed by atoms with Crippen LogP contribution in [0.5, 0.6) is 5.75 Å². The number of nitrogens with zero attached hydrogens (tertiary/aromatic N) is 3. The summed E-state index contributed by atoms with van der Waals surface area (Å²) in [6.45, 7) is 2.17. The fourth-order valence-electron chi connectivity index (χ4n) is 2.87. The first-order valence-corrected chi connectivity index (χ1v) is 9.75. The first-order chi connectivity index (χ1) is 11.9. The van der Waals surface area contributed by atoms with Crippen LogP contribution in [-0.2, 0) is 9.84 Å². The lowest BCUT2D eigenvalue weighted by Gasteiger charge is -2.25. The molecule has 1 aliphatic rings. The maximum absolute atomic E-state index is 12.6. The highest BCUT2D eigenvalue weighted by Gasteiger charge is 2.35. The summed E-state index contributed by atoms with van der Waals surface area (Å²) in [5.41, 5.74) is 0.666. The molecule has 1 aromatic carbocycles. The van der Waals surface area contributed by atoms with E-state index in [4.69, 9.17) is 9.15 Å². The molecule has 2 heterocycles. The van der Waals surface area contributed by atoms with Crippen molar-refractivity contribution in [3.63, 3.8) is 0 Å². The highest BCUT2D eigenvalue weighted by Crippen LogP contribution is 2.23. The van der Waals surface area contributed by atoms with E-state index in [1.165, 1.54) is 4.90 Å². The van der Waals surface area contributed by atoms with Crippen LogP contribution < -0.4 is 4.74 Å². The zero-order chi connectivity index (χ0) is 18.0. The Balaban J connectivity index is 1.79. The third-order valence-electron chi connectivity index (χ3n) is 4.20. The van der Waals surface area contributed by atoms with Crippen molar-refractivity contribution in [2.45, 2.75) is 19.4 Å². The summed E-state index contributed by atoms with van der Waals surface area (Å²) in [5.74, 6) is 0.406. The Bertz CT molecular complexity index is 860. The number of ether oxygens (including phenoxy) is 1. The molecule has 1 atom stereocenters. The van der Waals surface area contributed by atoms with Crippen LogP contribution in [0.1, 0.15) is 24.0 Å². The van der Waals surface area contributed by atoms with Crippen molar-refractivity contribution >= 4 is 15.7 Å². The standard InChI is InChI=1S/C16H19N3O5S/c1-3-19(12-8-9-25(21,22)10-12)16(20)15-18-17-14(24-15)11-4-6-13(23-2)7-5-11/h4-7,12H,3,8-10H2,1-2H3. The summed E-state index contributed by atoms with van der Waals surface area (Å²) in [6.07, 6.45) is 0.432. The van der Waals surface area contributed by atoms with Crippen LogP contribution in [-0.4, -0.2) is 60.6 Å². The Hall–Kier alpha value is -2.42. The molecule has 1 amide bonds. The minimum Gasteiger partial charge on any atom is -0.497 e. The highest BCUT2D eigenvalue weighted by atomic mass is 32.2. The lowest BCUT2D eigenvalue weighted by Crippen LogP contribution is -2.41. The number of benzene rings is 1. The van der Waals surface area contributed by atoms with Gasteiger partial charge in [0.1, 0.15) is 5.75 Å². The van der Waals surface area contributed by atoms with Crippen LogP contribution in [0.3, 0.4) is 0 Å². The number of hydrogen-bond donors (Lipinski definition) is 0. The molecule has 0 bridgehead atoms. The topological polar surface area (TPSA) is 103 Å². The molecule has 1 saturated heterocycles. The quantitative estimate of drug-likeness (QED) is 0.789. The van der Waals surface area contributed by atoms with Crippen LogP contribution in [0, 0.1) is 0 Å². The molecular weight excluding hydrogens is 346 g/mol. The van der Waals surface area contributed by atoms with Crippen molar-refractivity contribution < 1.29 is 22.4 Å². The van der Waals surface area contributed by atoms with Gasteiger partial charge in [0.2, 0.25) is 5.89 Å². The van der Waals surface area contributed by atoms with E-state index in [-0.39, 0.29) is 29.3 Å². The molecule has 1 aromatic heterocycles. The second kappa shape index (κ2) is 6.83. The minimum absolute atomic E-state index is 0.0218. The second-order valence-electron chi connectivity index (χ2n) is 5.79. The molecule has 0 saturated carbocycles. The Morgan fingerprint density at radius 2 is 2.04 bits per heavy atom. The first-order valence-electron chi connectivity index (χ1n) is 7.93. The van der Waals surface area contributed by atoms with Gasteiger partial charge in [0.05, 0.1) is 18.6 Å². The molecule has 0 radical (unpaired) electrons. The van der Waals surface area contributed by atoms with E-state index < -0.39 is 15.7 Å². The lowest BCUT2D eigenvalue weighted by molar-refractivity contribution is 0.0668. The van der Waals surface area contributed by atoms with E-state index in [1.54, 1.807) is 38.3 Å². The average Bonchev–Trinajstić information content (AvgIpc) is 3.22. The third-order valence-corrected chi connectivity index (χ3v) is 5.95. The van der Waals surface area contributed by atoms with Gasteiger partial charge in [0.15, 0.2) is 9.84 Å². The molecule has 0 spiro atoms. The normalized spacial score (nSPS) is 18.9. The number of methoxy groups -OCH3 is 1. The summed E-state index contributed by atoms with van der Waals surface area (Å²) in [6, 6.07) is 6.66. The number of carbonyl (C=O) groups excluding carboxylic acids is 1. The van der Waals surface area contributed by atoms with Crippen LogP contribution in [0.2, 0.25) is 0 Å². The van der Waals surface area contributed by atoms with Gasteiger partial charge in [0, 0.05) is 18.2 Å². The van der Waals surface area contributed by atoms with Crippen LogP contribution in [0.4, 0.5) is 0 Å². The van der Waals surface area contributed by atoms with E-state index in [0.717, 1.165) is 0 Å². The largest absolute Gasteiger partial charge is 0.497 e. The van der Waals surface area contributed by atoms with Crippen molar-refractivity contribution in [2.24, 2.45) is 0 Å². The summed E-state index contributed by atoms with van der Waals surface area (Å²) >= 11 is 0. The zero-order valence-electron chi connectivity index (χ0n) is 14.0. The van der Waals surface area contributed by atoms with Crippen LogP contribution in [0.25, 0.3) is 11.5 Å². The maximum atomic E-state index is 12.6. The second-order valence-corrected chi connectivity index (χ2v) is 8.02. The van der Waals surface area contributed by atoms with E-state index in [2.05, 4.69) is 10.2 Å². The van der Waals surface area contributed by atoms with E-state index in [1.807, 2.05) is 0 Å². The van der Waals surface area contributed by atoms with Gasteiger partial charge in [-0.25, -0.2) is 8.42 Å². The van der Waals surface area contributed by atoms with Crippen molar-refractivity contribution in [3.05, 3.63) is 30.2 Å². The summed E-state index contributed by atoms with van der Waals surface area (Å²) in [5, 5.41) is 7.73. The van der Waals surface area contributed by atoms with Gasteiger partial charge in [-0.2, -0.15) is 0 Å². The number of rotatable bonds is 5. The number of aromatic nitrogens is 2. The molecule has 0 aliphatic carbocycles. The molecule has 8 nitrogen and oxygen atoms in total. The lowest BCUT2D eigenvalue weighted by atomic mass is 10.2. The van der Waals surface area contributed by atoms with Gasteiger partial charge in [-0.1, -0.05) is 0 Å². The third kappa shape index (κ3) is 3.65. The monoisotopic (exact) mass is 365 g/mol.